The molecule has 2 aliphatic heterocycles. The molecule has 2 heterocycles. The fraction of sp³-hybridized carbons (Fsp3) is 0.556. The monoisotopic (exact) mass is 349 g/mol. The maximum atomic E-state index is 12.6. The largest absolute Gasteiger partial charge is 0.497 e. The van der Waals surface area contributed by atoms with Gasteiger partial charge in [0, 0.05) is 20.1 Å². The van der Waals surface area contributed by atoms with Crippen molar-refractivity contribution in [2.24, 2.45) is 0 Å². The van der Waals surface area contributed by atoms with Crippen LogP contribution in [0.2, 0.25) is 0 Å². The Kier molecular flexibility index (Phi) is 5.24. The number of ether oxygens (including phenoxy) is 4. The molecule has 3 rings (SSSR count). The molecule has 1 aromatic rings. The van der Waals surface area contributed by atoms with E-state index in [0.29, 0.717) is 49.8 Å². The normalized spacial score (nSPS) is 22.0. The summed E-state index contributed by atoms with van der Waals surface area (Å²) in [5, 5.41) is 0. The average Bonchev–Trinajstić information content (AvgIpc) is 3.01. The van der Waals surface area contributed by atoms with Crippen molar-refractivity contribution in [2.45, 2.75) is 18.4 Å². The van der Waals surface area contributed by atoms with Crippen LogP contribution in [0.25, 0.3) is 0 Å². The minimum absolute atomic E-state index is 0.0151. The van der Waals surface area contributed by atoms with E-state index in [1.807, 2.05) is 0 Å². The van der Waals surface area contributed by atoms with Crippen LogP contribution in [0.4, 0.5) is 0 Å². The summed E-state index contributed by atoms with van der Waals surface area (Å²) < 4.78 is 21.5. The van der Waals surface area contributed by atoms with Crippen molar-refractivity contribution in [3.63, 3.8) is 0 Å². The Morgan fingerprint density at radius 2 is 2.16 bits per heavy atom. The van der Waals surface area contributed by atoms with Crippen LogP contribution < -0.4 is 9.47 Å². The number of methoxy groups -OCH3 is 2. The molecule has 1 atom stereocenters. The van der Waals surface area contributed by atoms with Crippen LogP contribution in [0.1, 0.15) is 23.2 Å². The minimum Gasteiger partial charge on any atom is -0.497 e. The Balaban J connectivity index is 1.64. The highest BCUT2D eigenvalue weighted by atomic mass is 16.5. The van der Waals surface area contributed by atoms with Crippen molar-refractivity contribution in [2.75, 3.05) is 47.1 Å². The Bertz CT molecular complexity index is 661. The van der Waals surface area contributed by atoms with Gasteiger partial charge in [-0.15, -0.1) is 0 Å². The van der Waals surface area contributed by atoms with Crippen molar-refractivity contribution < 1.29 is 28.5 Å². The lowest BCUT2D eigenvalue weighted by molar-refractivity contribution is -0.136. The highest BCUT2D eigenvalue weighted by Crippen LogP contribution is 2.40. The molecule has 7 heteroatoms. The van der Waals surface area contributed by atoms with Gasteiger partial charge in [-0.3, -0.25) is 9.59 Å². The Hall–Kier alpha value is -2.12. The number of likely N-dealkylation sites (tertiary alicyclic amines) is 1. The second-order valence-electron chi connectivity index (χ2n) is 6.36. The highest BCUT2D eigenvalue weighted by Gasteiger charge is 2.47. The van der Waals surface area contributed by atoms with Gasteiger partial charge in [-0.05, 0) is 18.2 Å². The molecular weight excluding hydrogens is 326 g/mol. The lowest BCUT2D eigenvalue weighted by atomic mass is 9.89. The highest BCUT2D eigenvalue weighted by molar-refractivity contribution is 6.01. The summed E-state index contributed by atoms with van der Waals surface area (Å²) in [6.07, 6.45) is 0.898. The Labute approximate surface area is 146 Å². The molecule has 0 aromatic heterocycles. The van der Waals surface area contributed by atoms with Gasteiger partial charge in [-0.2, -0.15) is 0 Å². The molecular formula is C18H23NO6. The first-order valence-electron chi connectivity index (χ1n) is 8.32. The standard InChI is InChI=1S/C18H23NO6/c1-22-7-8-24-11-17(21)19-6-5-18(12-19)10-15(20)14-9-13(23-2)3-4-16(14)25-18/h3-4,9H,5-8,10-12H2,1-2H3. The molecule has 0 bridgehead atoms. The van der Waals surface area contributed by atoms with Gasteiger partial charge < -0.3 is 23.8 Å². The maximum Gasteiger partial charge on any atom is 0.248 e. The van der Waals surface area contributed by atoms with Gasteiger partial charge in [-0.1, -0.05) is 0 Å². The first-order chi connectivity index (χ1) is 12.1. The number of amides is 1. The molecule has 7 nitrogen and oxygen atoms in total. The molecule has 1 amide bonds. The molecule has 1 aromatic carbocycles. The predicted molar refractivity (Wildman–Crippen MR) is 89.2 cm³/mol. The number of fused-ring (bicyclic) bond motifs is 1. The van der Waals surface area contributed by atoms with E-state index >= 15 is 0 Å². The number of hydrogen-bond donors (Lipinski definition) is 0. The topological polar surface area (TPSA) is 74.3 Å². The fourth-order valence-corrected chi connectivity index (χ4v) is 3.28. The number of rotatable bonds is 6. The predicted octanol–water partition coefficient (Wildman–Crippen LogP) is 1.29. The van der Waals surface area contributed by atoms with E-state index in [1.54, 1.807) is 37.3 Å². The number of Topliss-reactive ketones (excluding diaryl/α,β-unsaturated/α-hetero) is 1. The first-order valence-corrected chi connectivity index (χ1v) is 8.32. The lowest BCUT2D eigenvalue weighted by Crippen LogP contribution is -2.45. The van der Waals surface area contributed by atoms with Crippen molar-refractivity contribution in [1.29, 1.82) is 0 Å². The van der Waals surface area contributed by atoms with Crippen LogP contribution in [0, 0.1) is 0 Å². The third kappa shape index (κ3) is 3.77. The fourth-order valence-electron chi connectivity index (χ4n) is 3.28. The van der Waals surface area contributed by atoms with Crippen LogP contribution in [0.15, 0.2) is 18.2 Å². The van der Waals surface area contributed by atoms with Gasteiger partial charge in [0.25, 0.3) is 0 Å². The summed E-state index contributed by atoms with van der Waals surface area (Å²) in [4.78, 5) is 26.5. The number of hydrogen-bond acceptors (Lipinski definition) is 6. The molecule has 1 spiro atoms. The summed E-state index contributed by atoms with van der Waals surface area (Å²) in [5.74, 6) is 1.11. The minimum atomic E-state index is -0.638. The zero-order chi connectivity index (χ0) is 17.9. The molecule has 1 unspecified atom stereocenters. The summed E-state index contributed by atoms with van der Waals surface area (Å²) in [6, 6.07) is 5.23. The van der Waals surface area contributed by atoms with E-state index in [2.05, 4.69) is 0 Å². The summed E-state index contributed by atoms with van der Waals surface area (Å²) in [5.41, 5.74) is -0.0985. The number of ketones is 1. The Morgan fingerprint density at radius 3 is 2.92 bits per heavy atom. The van der Waals surface area contributed by atoms with Crippen LogP contribution in [-0.2, 0) is 14.3 Å². The molecule has 0 aliphatic carbocycles. The van der Waals surface area contributed by atoms with Gasteiger partial charge in [0.1, 0.15) is 23.7 Å². The first kappa shape index (κ1) is 17.7. The third-order valence-electron chi connectivity index (χ3n) is 4.62. The van der Waals surface area contributed by atoms with E-state index in [1.165, 1.54) is 0 Å². The van der Waals surface area contributed by atoms with E-state index in [9.17, 15) is 9.59 Å². The maximum absolute atomic E-state index is 12.6. The van der Waals surface area contributed by atoms with Crippen molar-refractivity contribution >= 4 is 11.7 Å². The van der Waals surface area contributed by atoms with Crippen molar-refractivity contribution in [3.8, 4) is 11.5 Å². The number of carbonyl (C=O) groups is 2. The van der Waals surface area contributed by atoms with E-state index < -0.39 is 5.60 Å². The summed E-state index contributed by atoms with van der Waals surface area (Å²) in [7, 11) is 3.15. The number of benzene rings is 1. The van der Waals surface area contributed by atoms with Crippen LogP contribution in [0.3, 0.4) is 0 Å². The smallest absolute Gasteiger partial charge is 0.248 e. The molecule has 25 heavy (non-hydrogen) atoms. The SMILES string of the molecule is COCCOCC(=O)N1CCC2(CC(=O)c3cc(OC)ccc3O2)C1. The van der Waals surface area contributed by atoms with Gasteiger partial charge in [0.05, 0.1) is 38.9 Å². The van der Waals surface area contributed by atoms with Gasteiger partial charge >= 0.3 is 0 Å². The Morgan fingerprint density at radius 1 is 1.32 bits per heavy atom. The quantitative estimate of drug-likeness (QED) is 0.721. The second kappa shape index (κ2) is 7.41. The zero-order valence-corrected chi connectivity index (χ0v) is 14.6. The van der Waals surface area contributed by atoms with E-state index in [-0.39, 0.29) is 24.7 Å². The molecule has 2 aliphatic rings. The lowest BCUT2D eigenvalue weighted by Gasteiger charge is -2.34. The van der Waals surface area contributed by atoms with Crippen LogP contribution in [-0.4, -0.2) is 69.3 Å². The van der Waals surface area contributed by atoms with Crippen molar-refractivity contribution in [3.05, 3.63) is 23.8 Å². The zero-order valence-electron chi connectivity index (χ0n) is 14.6. The van der Waals surface area contributed by atoms with Gasteiger partial charge in [0.15, 0.2) is 5.78 Å². The molecule has 0 radical (unpaired) electrons. The third-order valence-corrected chi connectivity index (χ3v) is 4.62. The van der Waals surface area contributed by atoms with Crippen LogP contribution in [0.5, 0.6) is 11.5 Å². The summed E-state index contributed by atoms with van der Waals surface area (Å²) in [6.45, 7) is 1.81. The second-order valence-corrected chi connectivity index (χ2v) is 6.36. The average molecular weight is 349 g/mol. The molecule has 1 fully saturated rings. The number of carbonyl (C=O) groups excluding carboxylic acids is 2. The molecule has 1 saturated heterocycles. The van der Waals surface area contributed by atoms with E-state index in [0.717, 1.165) is 0 Å². The van der Waals surface area contributed by atoms with Gasteiger partial charge in [-0.25, -0.2) is 0 Å². The van der Waals surface area contributed by atoms with Crippen LogP contribution >= 0.6 is 0 Å². The van der Waals surface area contributed by atoms with Gasteiger partial charge in [0.2, 0.25) is 5.91 Å². The van der Waals surface area contributed by atoms with E-state index in [4.69, 9.17) is 18.9 Å². The molecule has 0 saturated carbocycles. The molecule has 136 valence electrons. The summed E-state index contributed by atoms with van der Waals surface area (Å²) >= 11 is 0. The number of nitrogens with zero attached hydrogens (tertiary/aromatic N) is 1. The van der Waals surface area contributed by atoms with Crippen molar-refractivity contribution in [1.82, 2.24) is 4.90 Å². The molecule has 0 N–H and O–H groups in total.